The first-order chi connectivity index (χ1) is 16.0. The Bertz CT molecular complexity index is 1270. The largest absolute Gasteiger partial charge is 0.482 e. The van der Waals surface area contributed by atoms with Gasteiger partial charge in [0.05, 0.1) is 17.1 Å². The maximum atomic E-state index is 13.1. The molecule has 0 amide bonds. The predicted molar refractivity (Wildman–Crippen MR) is 121 cm³/mol. The predicted octanol–water partition coefficient (Wildman–Crippen LogP) is 5.42. The van der Waals surface area contributed by atoms with Gasteiger partial charge in [-0.25, -0.2) is 13.2 Å². The minimum Gasteiger partial charge on any atom is -0.482 e. The van der Waals surface area contributed by atoms with Crippen LogP contribution in [0.2, 0.25) is 0 Å². The van der Waals surface area contributed by atoms with E-state index < -0.39 is 27.7 Å². The smallest absolute Gasteiger partial charge is 0.416 e. The number of ether oxygens (including phenoxy) is 2. The average Bonchev–Trinajstić information content (AvgIpc) is 2.78. The molecule has 180 valence electrons. The maximum Gasteiger partial charge on any atom is 0.416 e. The fourth-order valence-electron chi connectivity index (χ4n) is 3.12. The molecule has 0 radical (unpaired) electrons. The minimum absolute atomic E-state index is 0.0648. The highest BCUT2D eigenvalue weighted by Crippen LogP contribution is 2.33. The van der Waals surface area contributed by atoms with Crippen molar-refractivity contribution in [3.63, 3.8) is 0 Å². The lowest BCUT2D eigenvalue weighted by atomic mass is 10.0. The van der Waals surface area contributed by atoms with Crippen LogP contribution < -0.4 is 9.46 Å². The summed E-state index contributed by atoms with van der Waals surface area (Å²) in [5.74, 6) is -0.179. The van der Waals surface area contributed by atoms with Gasteiger partial charge < -0.3 is 9.47 Å². The Hall–Kier alpha value is -3.53. The Balaban J connectivity index is 1.81. The van der Waals surface area contributed by atoms with E-state index in [1.54, 1.807) is 19.9 Å². The van der Waals surface area contributed by atoms with E-state index in [0.717, 1.165) is 12.1 Å². The summed E-state index contributed by atoms with van der Waals surface area (Å²) in [4.78, 5) is 11.3. The Morgan fingerprint density at radius 2 is 1.65 bits per heavy atom. The summed E-state index contributed by atoms with van der Waals surface area (Å²) in [5, 5.41) is 0. The molecule has 1 N–H and O–H groups in total. The fraction of sp³-hybridized carbons (Fsp3) is 0.208. The molecular formula is C24H22F3NO5S. The second kappa shape index (κ2) is 10.2. The molecule has 0 heterocycles. The van der Waals surface area contributed by atoms with E-state index in [-0.39, 0.29) is 29.4 Å². The monoisotopic (exact) mass is 493 g/mol. The number of anilines is 1. The number of hydrogen-bond donors (Lipinski definition) is 1. The van der Waals surface area contributed by atoms with Crippen molar-refractivity contribution in [2.24, 2.45) is 0 Å². The van der Waals surface area contributed by atoms with Gasteiger partial charge in [0.1, 0.15) is 5.75 Å². The van der Waals surface area contributed by atoms with Crippen LogP contribution in [0.1, 0.15) is 18.1 Å². The van der Waals surface area contributed by atoms with Crippen LogP contribution in [-0.4, -0.2) is 27.6 Å². The van der Waals surface area contributed by atoms with Crippen molar-refractivity contribution in [1.82, 2.24) is 0 Å². The first-order valence-corrected chi connectivity index (χ1v) is 11.7. The number of carbonyl (C=O) groups is 1. The van der Waals surface area contributed by atoms with Crippen molar-refractivity contribution >= 4 is 21.7 Å². The van der Waals surface area contributed by atoms with E-state index in [9.17, 15) is 26.4 Å². The van der Waals surface area contributed by atoms with Crippen LogP contribution in [-0.2, 0) is 25.7 Å². The molecule has 0 unspecified atom stereocenters. The van der Waals surface area contributed by atoms with Gasteiger partial charge in [-0.1, -0.05) is 24.3 Å². The number of benzene rings is 3. The van der Waals surface area contributed by atoms with E-state index in [4.69, 9.17) is 9.47 Å². The van der Waals surface area contributed by atoms with E-state index >= 15 is 0 Å². The topological polar surface area (TPSA) is 81.7 Å². The molecule has 0 bridgehead atoms. The lowest BCUT2D eigenvalue weighted by molar-refractivity contribution is -0.145. The SMILES string of the molecule is CCOC(=O)COc1ccc(NS(=O)(=O)c2cc(-c3cccc(C(F)(F)F)c3)ccc2C)cc1. The van der Waals surface area contributed by atoms with E-state index in [1.165, 1.54) is 48.5 Å². The summed E-state index contributed by atoms with van der Waals surface area (Å²) in [7, 11) is -4.05. The summed E-state index contributed by atoms with van der Waals surface area (Å²) < 4.78 is 77.7. The molecule has 0 saturated heterocycles. The number of alkyl halides is 3. The van der Waals surface area contributed by atoms with Crippen molar-refractivity contribution in [3.8, 4) is 16.9 Å². The molecule has 0 aliphatic rings. The van der Waals surface area contributed by atoms with Crippen molar-refractivity contribution in [3.05, 3.63) is 77.9 Å². The van der Waals surface area contributed by atoms with Crippen LogP contribution in [0.15, 0.2) is 71.6 Å². The molecule has 3 rings (SSSR count). The zero-order valence-corrected chi connectivity index (χ0v) is 19.2. The fourth-order valence-corrected chi connectivity index (χ4v) is 4.45. The third-order valence-electron chi connectivity index (χ3n) is 4.77. The molecule has 34 heavy (non-hydrogen) atoms. The second-order valence-corrected chi connectivity index (χ2v) is 8.93. The summed E-state index contributed by atoms with van der Waals surface area (Å²) in [6.45, 7) is 3.23. The van der Waals surface area contributed by atoms with E-state index in [2.05, 4.69) is 4.72 Å². The molecular weight excluding hydrogens is 471 g/mol. The summed E-state index contributed by atoms with van der Waals surface area (Å²) >= 11 is 0. The lowest BCUT2D eigenvalue weighted by Gasteiger charge is -2.14. The van der Waals surface area contributed by atoms with Gasteiger partial charge in [-0.15, -0.1) is 0 Å². The Labute approximate surface area is 195 Å². The van der Waals surface area contributed by atoms with Gasteiger partial charge in [-0.3, -0.25) is 4.72 Å². The van der Waals surface area contributed by atoms with Gasteiger partial charge in [0.2, 0.25) is 0 Å². The Morgan fingerprint density at radius 1 is 0.971 bits per heavy atom. The summed E-state index contributed by atoms with van der Waals surface area (Å²) in [6, 6.07) is 15.0. The van der Waals surface area contributed by atoms with Gasteiger partial charge in [-0.2, -0.15) is 13.2 Å². The number of esters is 1. The van der Waals surface area contributed by atoms with Crippen LogP contribution in [0.3, 0.4) is 0 Å². The molecule has 10 heteroatoms. The third kappa shape index (κ3) is 6.28. The average molecular weight is 494 g/mol. The van der Waals surface area contributed by atoms with E-state index in [1.807, 2.05) is 0 Å². The molecule has 3 aromatic carbocycles. The highest BCUT2D eigenvalue weighted by molar-refractivity contribution is 7.92. The van der Waals surface area contributed by atoms with Crippen LogP contribution >= 0.6 is 0 Å². The number of sulfonamides is 1. The molecule has 0 aromatic heterocycles. The molecule has 0 spiro atoms. The quantitative estimate of drug-likeness (QED) is 0.424. The third-order valence-corrected chi connectivity index (χ3v) is 6.29. The van der Waals surface area contributed by atoms with Crippen molar-refractivity contribution < 1.29 is 35.9 Å². The zero-order chi connectivity index (χ0) is 24.9. The van der Waals surface area contributed by atoms with Gasteiger partial charge in [0, 0.05) is 5.69 Å². The van der Waals surface area contributed by atoms with Crippen molar-refractivity contribution in [1.29, 1.82) is 0 Å². The standard InChI is InChI=1S/C24H22F3NO5S/c1-3-32-23(29)15-33-21-11-9-20(10-12-21)28-34(30,31)22-14-18(8-7-16(22)2)17-5-4-6-19(13-17)24(25,26)27/h4-14,28H,3,15H2,1-2H3. The first-order valence-electron chi connectivity index (χ1n) is 10.2. The molecule has 6 nitrogen and oxygen atoms in total. The summed E-state index contributed by atoms with van der Waals surface area (Å²) in [6.07, 6.45) is -4.51. The normalized spacial score (nSPS) is 11.7. The van der Waals surface area contributed by atoms with Crippen molar-refractivity contribution in [2.75, 3.05) is 17.9 Å². The molecule has 0 aliphatic carbocycles. The molecule has 3 aromatic rings. The van der Waals surface area contributed by atoms with E-state index in [0.29, 0.717) is 16.9 Å². The van der Waals surface area contributed by atoms with Gasteiger partial charge in [-0.05, 0) is 73.0 Å². The first kappa shape index (κ1) is 25.1. The van der Waals surface area contributed by atoms with Crippen LogP contribution in [0.5, 0.6) is 5.75 Å². The lowest BCUT2D eigenvalue weighted by Crippen LogP contribution is -2.15. The van der Waals surface area contributed by atoms with Gasteiger partial charge in [0.15, 0.2) is 6.61 Å². The molecule has 0 saturated carbocycles. The highest BCUT2D eigenvalue weighted by atomic mass is 32.2. The summed E-state index contributed by atoms with van der Waals surface area (Å²) in [5.41, 5.74) is 0.428. The highest BCUT2D eigenvalue weighted by Gasteiger charge is 2.30. The Morgan fingerprint density at radius 3 is 2.29 bits per heavy atom. The number of hydrogen-bond acceptors (Lipinski definition) is 5. The molecule has 0 atom stereocenters. The molecule has 0 fully saturated rings. The number of nitrogens with one attached hydrogen (secondary N) is 1. The van der Waals surface area contributed by atoms with Crippen LogP contribution in [0, 0.1) is 6.92 Å². The number of halogens is 3. The van der Waals surface area contributed by atoms with Crippen LogP contribution in [0.4, 0.5) is 18.9 Å². The minimum atomic E-state index is -4.51. The molecule has 0 aliphatic heterocycles. The number of carbonyl (C=O) groups excluding carboxylic acids is 1. The van der Waals surface area contributed by atoms with Crippen LogP contribution in [0.25, 0.3) is 11.1 Å². The van der Waals surface area contributed by atoms with Crippen molar-refractivity contribution in [2.45, 2.75) is 24.9 Å². The second-order valence-electron chi connectivity index (χ2n) is 7.28. The maximum absolute atomic E-state index is 13.1. The van der Waals surface area contributed by atoms with Gasteiger partial charge >= 0.3 is 12.1 Å². The number of rotatable bonds is 8. The van der Waals surface area contributed by atoms with Gasteiger partial charge in [0.25, 0.3) is 10.0 Å². The zero-order valence-electron chi connectivity index (χ0n) is 18.3. The number of aryl methyl sites for hydroxylation is 1. The Kier molecular flexibility index (Phi) is 7.51.